The van der Waals surface area contributed by atoms with Gasteiger partial charge in [-0.3, -0.25) is 14.4 Å². The minimum Gasteiger partial charge on any atom is -0.463 e. The maximum Gasteiger partial charge on any atom is 0.303 e. The van der Waals surface area contributed by atoms with E-state index in [9.17, 15) is 19.5 Å². The van der Waals surface area contributed by atoms with E-state index in [0.717, 1.165) is 51.4 Å². The van der Waals surface area contributed by atoms with Crippen LogP contribution < -0.4 is 0 Å². The van der Waals surface area contributed by atoms with Crippen molar-refractivity contribution in [3.8, 4) is 0 Å². The van der Waals surface area contributed by atoms with Crippen LogP contribution in [-0.4, -0.2) is 47.4 Å². The Balaban J connectivity index is 1.55. The van der Waals surface area contributed by atoms with Crippen LogP contribution in [0.4, 0.5) is 0 Å². The summed E-state index contributed by atoms with van der Waals surface area (Å²) in [5.41, 5.74) is -1.38. The second-order valence-electron chi connectivity index (χ2n) is 12.0. The first-order valence-electron chi connectivity index (χ1n) is 13.1. The molecule has 9 atom stereocenters. The molecule has 0 amide bonds. The molecule has 4 rings (SSSR count). The zero-order chi connectivity index (χ0) is 24.9. The summed E-state index contributed by atoms with van der Waals surface area (Å²) in [6.07, 6.45) is 7.74. The number of hydrogen-bond donors (Lipinski definition) is 1. The van der Waals surface area contributed by atoms with Crippen molar-refractivity contribution in [1.82, 2.24) is 0 Å². The fourth-order valence-corrected chi connectivity index (χ4v) is 8.80. The normalized spacial score (nSPS) is 44.1. The maximum absolute atomic E-state index is 12.1. The molecule has 7 heteroatoms. The summed E-state index contributed by atoms with van der Waals surface area (Å²) < 4.78 is 16.4. The van der Waals surface area contributed by atoms with Crippen LogP contribution in [0.1, 0.15) is 92.4 Å². The highest BCUT2D eigenvalue weighted by molar-refractivity contribution is 5.67. The summed E-state index contributed by atoms with van der Waals surface area (Å²) in [6, 6.07) is 0. The summed E-state index contributed by atoms with van der Waals surface area (Å²) in [7, 11) is 0. The SMILES string of the molecule is CC(=O)OC[C@@H](OC(C)=O)[C@]1(O)CC[C@@H]2[C@@H]3CC[C@H]4C[C@H](OC(C)=O)CC[C@]4(C)[C@H]3CC[C@@]21C. The van der Waals surface area contributed by atoms with Gasteiger partial charge in [-0.25, -0.2) is 0 Å². The predicted octanol–water partition coefficient (Wildman–Crippen LogP) is 4.19. The molecule has 0 heterocycles. The number of ether oxygens (including phenoxy) is 3. The standard InChI is InChI=1S/C27H42O7/c1-16(28)32-15-24(34-18(3)30)27(31)13-10-23-21-7-6-19-14-20(33-17(2)29)8-11-25(19,4)22(21)9-12-26(23,27)5/h19-24,31H,6-15H2,1-5H3/t19-,20+,21+,22-,23+,24+,25-,26-,27+/m0/s1. The number of rotatable bonds is 5. The Hall–Kier alpha value is -1.63. The van der Waals surface area contributed by atoms with E-state index >= 15 is 0 Å². The predicted molar refractivity (Wildman–Crippen MR) is 124 cm³/mol. The highest BCUT2D eigenvalue weighted by Crippen LogP contribution is 2.69. The molecule has 0 aromatic heterocycles. The van der Waals surface area contributed by atoms with Gasteiger partial charge in [0.2, 0.25) is 0 Å². The molecule has 0 aromatic carbocycles. The first-order chi connectivity index (χ1) is 15.9. The van der Waals surface area contributed by atoms with Crippen molar-refractivity contribution in [3.05, 3.63) is 0 Å². The van der Waals surface area contributed by atoms with E-state index in [0.29, 0.717) is 30.1 Å². The molecule has 1 N–H and O–H groups in total. The van der Waals surface area contributed by atoms with Crippen molar-refractivity contribution in [2.24, 2.45) is 34.5 Å². The minimum absolute atomic E-state index is 0.0447. The van der Waals surface area contributed by atoms with Gasteiger partial charge in [-0.05, 0) is 86.9 Å². The van der Waals surface area contributed by atoms with Gasteiger partial charge >= 0.3 is 17.9 Å². The molecule has 4 saturated carbocycles. The van der Waals surface area contributed by atoms with Gasteiger partial charge in [-0.15, -0.1) is 0 Å². The smallest absolute Gasteiger partial charge is 0.303 e. The number of aliphatic hydroxyl groups is 1. The fourth-order valence-electron chi connectivity index (χ4n) is 8.80. The molecule has 4 aliphatic carbocycles. The Labute approximate surface area is 203 Å². The number of hydrogen-bond acceptors (Lipinski definition) is 7. The van der Waals surface area contributed by atoms with Gasteiger partial charge in [0.15, 0.2) is 6.10 Å². The lowest BCUT2D eigenvalue weighted by molar-refractivity contribution is -0.213. The Kier molecular flexibility index (Phi) is 6.82. The number of carbonyl (C=O) groups is 3. The summed E-state index contributed by atoms with van der Waals surface area (Å²) in [6.45, 7) is 8.66. The van der Waals surface area contributed by atoms with Crippen molar-refractivity contribution in [2.75, 3.05) is 6.61 Å². The zero-order valence-electron chi connectivity index (χ0n) is 21.4. The highest BCUT2D eigenvalue weighted by Gasteiger charge is 2.67. The van der Waals surface area contributed by atoms with Crippen molar-refractivity contribution < 1.29 is 33.7 Å². The lowest BCUT2D eigenvalue weighted by Crippen LogP contribution is -2.61. The first-order valence-corrected chi connectivity index (χ1v) is 13.1. The van der Waals surface area contributed by atoms with Gasteiger partial charge in [-0.2, -0.15) is 0 Å². The van der Waals surface area contributed by atoms with Crippen LogP contribution in [0.3, 0.4) is 0 Å². The summed E-state index contributed by atoms with van der Waals surface area (Å²) in [4.78, 5) is 34.9. The quantitative estimate of drug-likeness (QED) is 0.467. The van der Waals surface area contributed by atoms with Crippen LogP contribution in [0, 0.1) is 34.5 Å². The third-order valence-electron chi connectivity index (χ3n) is 10.4. The van der Waals surface area contributed by atoms with Crippen LogP contribution in [0.5, 0.6) is 0 Å². The van der Waals surface area contributed by atoms with Crippen molar-refractivity contribution in [1.29, 1.82) is 0 Å². The zero-order valence-corrected chi connectivity index (χ0v) is 21.4. The van der Waals surface area contributed by atoms with E-state index in [1.807, 2.05) is 0 Å². The van der Waals surface area contributed by atoms with Crippen molar-refractivity contribution in [3.63, 3.8) is 0 Å². The van der Waals surface area contributed by atoms with Gasteiger partial charge in [0.1, 0.15) is 18.3 Å². The minimum atomic E-state index is -1.21. The van der Waals surface area contributed by atoms with E-state index in [1.165, 1.54) is 20.8 Å². The Bertz CT molecular complexity index is 826. The van der Waals surface area contributed by atoms with Crippen molar-refractivity contribution >= 4 is 17.9 Å². The lowest BCUT2D eigenvalue weighted by atomic mass is 9.44. The van der Waals surface area contributed by atoms with Crippen LogP contribution in [0.15, 0.2) is 0 Å². The largest absolute Gasteiger partial charge is 0.463 e. The lowest BCUT2D eigenvalue weighted by Gasteiger charge is -2.62. The molecular formula is C27H42O7. The second kappa shape index (κ2) is 9.11. The molecule has 7 nitrogen and oxygen atoms in total. The van der Waals surface area contributed by atoms with Gasteiger partial charge in [0.05, 0.1) is 0 Å². The summed E-state index contributed by atoms with van der Waals surface area (Å²) in [5.74, 6) is 0.919. The highest BCUT2D eigenvalue weighted by atomic mass is 16.6. The van der Waals surface area contributed by atoms with Crippen LogP contribution >= 0.6 is 0 Å². The molecule has 0 unspecified atom stereocenters. The second-order valence-corrected chi connectivity index (χ2v) is 12.0. The molecule has 0 aromatic rings. The summed E-state index contributed by atoms with van der Waals surface area (Å²) in [5, 5.41) is 12.1. The molecular weight excluding hydrogens is 436 g/mol. The van der Waals surface area contributed by atoms with Gasteiger partial charge in [0, 0.05) is 26.2 Å². The van der Waals surface area contributed by atoms with Crippen LogP contribution in [0.2, 0.25) is 0 Å². The molecule has 4 aliphatic rings. The fraction of sp³-hybridized carbons (Fsp3) is 0.889. The molecule has 0 saturated heterocycles. The van der Waals surface area contributed by atoms with Crippen LogP contribution in [-0.2, 0) is 28.6 Å². The van der Waals surface area contributed by atoms with Crippen LogP contribution in [0.25, 0.3) is 0 Å². The van der Waals surface area contributed by atoms with E-state index in [1.54, 1.807) is 0 Å². The number of carbonyl (C=O) groups excluding carboxylic acids is 3. The summed E-state index contributed by atoms with van der Waals surface area (Å²) >= 11 is 0. The number of esters is 3. The molecule has 4 fully saturated rings. The Morgan fingerprint density at radius 1 is 0.882 bits per heavy atom. The molecule has 34 heavy (non-hydrogen) atoms. The topological polar surface area (TPSA) is 99.1 Å². The molecule has 0 bridgehead atoms. The number of fused-ring (bicyclic) bond motifs is 5. The molecule has 0 radical (unpaired) electrons. The Morgan fingerprint density at radius 2 is 1.59 bits per heavy atom. The maximum atomic E-state index is 12.1. The van der Waals surface area contributed by atoms with Crippen molar-refractivity contribution in [2.45, 2.75) is 110 Å². The first kappa shape index (κ1) is 25.5. The third kappa shape index (κ3) is 4.16. The van der Waals surface area contributed by atoms with Gasteiger partial charge in [0.25, 0.3) is 0 Å². The molecule has 192 valence electrons. The average Bonchev–Trinajstić information content (AvgIpc) is 3.02. The van der Waals surface area contributed by atoms with Gasteiger partial charge < -0.3 is 19.3 Å². The third-order valence-corrected chi connectivity index (χ3v) is 10.4. The molecule has 0 aliphatic heterocycles. The van der Waals surface area contributed by atoms with E-state index in [2.05, 4.69) is 13.8 Å². The molecule has 0 spiro atoms. The Morgan fingerprint density at radius 3 is 2.24 bits per heavy atom. The van der Waals surface area contributed by atoms with Gasteiger partial charge in [-0.1, -0.05) is 13.8 Å². The average molecular weight is 479 g/mol. The van der Waals surface area contributed by atoms with E-state index < -0.39 is 29.1 Å². The van der Waals surface area contributed by atoms with E-state index in [4.69, 9.17) is 14.2 Å². The van der Waals surface area contributed by atoms with E-state index in [-0.39, 0.29) is 24.1 Å². The monoisotopic (exact) mass is 478 g/mol.